The number of nitrogens with zero attached hydrogens (tertiary/aromatic N) is 1. The third-order valence-corrected chi connectivity index (χ3v) is 5.72. The van der Waals surface area contributed by atoms with Crippen molar-refractivity contribution in [3.63, 3.8) is 0 Å². The van der Waals surface area contributed by atoms with E-state index in [0.29, 0.717) is 44.5 Å². The Hall–Kier alpha value is -3.15. The van der Waals surface area contributed by atoms with E-state index in [-0.39, 0.29) is 23.6 Å². The molecule has 0 radical (unpaired) electrons. The minimum atomic E-state index is -0.413. The first kappa shape index (κ1) is 22.5. The largest absolute Gasteiger partial charge is 0.354 e. The summed E-state index contributed by atoms with van der Waals surface area (Å²) < 4.78 is 0. The maximum absolute atomic E-state index is 13.2. The van der Waals surface area contributed by atoms with E-state index in [0.717, 1.165) is 12.0 Å². The van der Waals surface area contributed by atoms with Crippen LogP contribution >= 0.6 is 0 Å². The lowest BCUT2D eigenvalue weighted by atomic mass is 9.94. The van der Waals surface area contributed by atoms with Gasteiger partial charge in [-0.05, 0) is 43.4 Å². The number of likely N-dealkylation sites (tertiary alicyclic amines) is 1. The van der Waals surface area contributed by atoms with Crippen LogP contribution in [0.5, 0.6) is 0 Å². The molecule has 31 heavy (non-hydrogen) atoms. The van der Waals surface area contributed by atoms with Gasteiger partial charge < -0.3 is 15.5 Å². The minimum absolute atomic E-state index is 0.0291. The molecule has 1 aliphatic rings. The number of hydrogen-bond acceptors (Lipinski definition) is 3. The van der Waals surface area contributed by atoms with Crippen LogP contribution in [-0.4, -0.2) is 48.3 Å². The van der Waals surface area contributed by atoms with Crippen LogP contribution in [-0.2, 0) is 9.59 Å². The highest BCUT2D eigenvalue weighted by Gasteiger charge is 2.36. The zero-order valence-corrected chi connectivity index (χ0v) is 18.0. The number of carbonyl (C=O) groups excluding carboxylic acids is 3. The number of rotatable bonds is 9. The molecule has 3 amide bonds. The first-order chi connectivity index (χ1) is 15.1. The molecular formula is C25H31N3O3. The van der Waals surface area contributed by atoms with Gasteiger partial charge in [-0.3, -0.25) is 14.4 Å². The van der Waals surface area contributed by atoms with E-state index in [1.165, 1.54) is 0 Å². The molecule has 2 aromatic carbocycles. The van der Waals surface area contributed by atoms with Gasteiger partial charge in [0.2, 0.25) is 11.8 Å². The average molecular weight is 422 g/mol. The smallest absolute Gasteiger partial charge is 0.251 e. The molecule has 3 rings (SSSR count). The first-order valence-corrected chi connectivity index (χ1v) is 11.1. The molecule has 6 heteroatoms. The molecular weight excluding hydrogens is 390 g/mol. The lowest BCUT2D eigenvalue weighted by Gasteiger charge is -2.28. The van der Waals surface area contributed by atoms with Gasteiger partial charge in [-0.15, -0.1) is 0 Å². The minimum Gasteiger partial charge on any atom is -0.354 e. The summed E-state index contributed by atoms with van der Waals surface area (Å²) in [6.07, 6.45) is 2.86. The SMILES string of the molecule is CCC(C(=O)N1CCC[C@@H]1C(=O)NCCCNC(=O)c1ccccc1)c1ccccc1. The van der Waals surface area contributed by atoms with Crippen LogP contribution in [0.1, 0.15) is 54.4 Å². The third kappa shape index (κ3) is 5.94. The van der Waals surface area contributed by atoms with E-state index in [1.54, 1.807) is 17.0 Å². The number of nitrogens with one attached hydrogen (secondary N) is 2. The molecule has 0 spiro atoms. The van der Waals surface area contributed by atoms with Gasteiger partial charge in [-0.1, -0.05) is 55.5 Å². The molecule has 0 aliphatic carbocycles. The second kappa shape index (κ2) is 11.3. The van der Waals surface area contributed by atoms with E-state index >= 15 is 0 Å². The second-order valence-electron chi connectivity index (χ2n) is 7.83. The molecule has 1 aliphatic heterocycles. The van der Waals surface area contributed by atoms with E-state index < -0.39 is 6.04 Å². The van der Waals surface area contributed by atoms with Gasteiger partial charge in [0.1, 0.15) is 6.04 Å². The molecule has 1 fully saturated rings. The van der Waals surface area contributed by atoms with Crippen LogP contribution in [0.25, 0.3) is 0 Å². The number of amides is 3. The molecule has 1 saturated heterocycles. The molecule has 1 unspecified atom stereocenters. The zero-order valence-electron chi connectivity index (χ0n) is 18.0. The maximum atomic E-state index is 13.2. The lowest BCUT2D eigenvalue weighted by Crippen LogP contribution is -2.47. The van der Waals surface area contributed by atoms with Crippen molar-refractivity contribution in [2.75, 3.05) is 19.6 Å². The molecule has 2 atom stereocenters. The van der Waals surface area contributed by atoms with E-state index in [4.69, 9.17) is 0 Å². The lowest BCUT2D eigenvalue weighted by molar-refractivity contribution is -0.139. The molecule has 164 valence electrons. The number of benzene rings is 2. The van der Waals surface area contributed by atoms with Gasteiger partial charge in [0.25, 0.3) is 5.91 Å². The van der Waals surface area contributed by atoms with E-state index in [9.17, 15) is 14.4 Å². The standard InChI is InChI=1S/C25H31N3O3/c1-2-21(19-11-5-3-6-12-19)25(31)28-18-9-15-22(28)24(30)27-17-10-16-26-23(29)20-13-7-4-8-14-20/h3-8,11-14,21-22H,2,9-10,15-18H2,1H3,(H,26,29)(H,27,30)/t21?,22-/m1/s1. The first-order valence-electron chi connectivity index (χ1n) is 11.1. The Morgan fingerprint density at radius 3 is 2.29 bits per heavy atom. The van der Waals surface area contributed by atoms with Crippen LogP contribution in [0.2, 0.25) is 0 Å². The van der Waals surface area contributed by atoms with Crippen molar-refractivity contribution in [2.45, 2.75) is 44.6 Å². The Kier molecular flexibility index (Phi) is 8.21. The summed E-state index contributed by atoms with van der Waals surface area (Å²) >= 11 is 0. The van der Waals surface area contributed by atoms with Crippen molar-refractivity contribution in [3.05, 3.63) is 71.8 Å². The Bertz CT molecular complexity index is 870. The number of carbonyl (C=O) groups is 3. The normalized spacial score (nSPS) is 16.5. The highest BCUT2D eigenvalue weighted by atomic mass is 16.2. The van der Waals surface area contributed by atoms with E-state index in [1.807, 2.05) is 55.5 Å². The van der Waals surface area contributed by atoms with Crippen LogP contribution in [0.15, 0.2) is 60.7 Å². The van der Waals surface area contributed by atoms with Crippen molar-refractivity contribution in [3.8, 4) is 0 Å². The molecule has 0 bridgehead atoms. The van der Waals surface area contributed by atoms with Crippen LogP contribution in [0, 0.1) is 0 Å². The summed E-state index contributed by atoms with van der Waals surface area (Å²) in [6.45, 7) is 3.56. The Morgan fingerprint density at radius 2 is 1.61 bits per heavy atom. The van der Waals surface area contributed by atoms with Gasteiger partial charge in [-0.2, -0.15) is 0 Å². The highest BCUT2D eigenvalue weighted by molar-refractivity contribution is 5.94. The van der Waals surface area contributed by atoms with Gasteiger partial charge in [0, 0.05) is 25.2 Å². The van der Waals surface area contributed by atoms with Gasteiger partial charge >= 0.3 is 0 Å². The molecule has 2 N–H and O–H groups in total. The topological polar surface area (TPSA) is 78.5 Å². The summed E-state index contributed by atoms with van der Waals surface area (Å²) in [5.41, 5.74) is 1.62. The van der Waals surface area contributed by atoms with Crippen LogP contribution < -0.4 is 10.6 Å². The average Bonchev–Trinajstić information content (AvgIpc) is 3.30. The summed E-state index contributed by atoms with van der Waals surface area (Å²) in [6, 6.07) is 18.4. The summed E-state index contributed by atoms with van der Waals surface area (Å²) in [7, 11) is 0. The van der Waals surface area contributed by atoms with Crippen molar-refractivity contribution in [1.82, 2.24) is 15.5 Å². The summed E-state index contributed by atoms with van der Waals surface area (Å²) in [5.74, 6) is -0.418. The molecule has 0 aromatic heterocycles. The van der Waals surface area contributed by atoms with Crippen molar-refractivity contribution < 1.29 is 14.4 Å². The van der Waals surface area contributed by atoms with Crippen molar-refractivity contribution >= 4 is 17.7 Å². The summed E-state index contributed by atoms with van der Waals surface area (Å²) in [4.78, 5) is 39.7. The second-order valence-corrected chi connectivity index (χ2v) is 7.83. The van der Waals surface area contributed by atoms with Crippen molar-refractivity contribution in [2.24, 2.45) is 0 Å². The molecule has 2 aromatic rings. The van der Waals surface area contributed by atoms with Crippen LogP contribution in [0.4, 0.5) is 0 Å². The fourth-order valence-electron chi connectivity index (χ4n) is 4.05. The molecule has 6 nitrogen and oxygen atoms in total. The van der Waals surface area contributed by atoms with Gasteiger partial charge in [0.05, 0.1) is 5.92 Å². The van der Waals surface area contributed by atoms with Gasteiger partial charge in [-0.25, -0.2) is 0 Å². The van der Waals surface area contributed by atoms with E-state index in [2.05, 4.69) is 10.6 Å². The highest BCUT2D eigenvalue weighted by Crippen LogP contribution is 2.27. The third-order valence-electron chi connectivity index (χ3n) is 5.72. The number of hydrogen-bond donors (Lipinski definition) is 2. The maximum Gasteiger partial charge on any atom is 0.251 e. The Morgan fingerprint density at radius 1 is 0.968 bits per heavy atom. The summed E-state index contributed by atoms with van der Waals surface area (Å²) in [5, 5.41) is 5.79. The van der Waals surface area contributed by atoms with Crippen LogP contribution in [0.3, 0.4) is 0 Å². The fourth-order valence-corrected chi connectivity index (χ4v) is 4.05. The quantitative estimate of drug-likeness (QED) is 0.611. The zero-order chi connectivity index (χ0) is 22.1. The molecule has 0 saturated carbocycles. The predicted molar refractivity (Wildman–Crippen MR) is 121 cm³/mol. The Balaban J connectivity index is 1.46. The van der Waals surface area contributed by atoms with Gasteiger partial charge in [0.15, 0.2) is 0 Å². The molecule has 1 heterocycles. The fraction of sp³-hybridized carbons (Fsp3) is 0.400. The monoisotopic (exact) mass is 421 g/mol. The van der Waals surface area contributed by atoms with Crippen molar-refractivity contribution in [1.29, 1.82) is 0 Å². The Labute approximate surface area is 184 Å². The predicted octanol–water partition coefficient (Wildman–Crippen LogP) is 3.11.